The van der Waals surface area contributed by atoms with Crippen molar-refractivity contribution in [1.29, 1.82) is 0 Å². The lowest BCUT2D eigenvalue weighted by Gasteiger charge is -2.24. The number of carbonyl (C=O) groups excluding carboxylic acids is 1. The highest BCUT2D eigenvalue weighted by Crippen LogP contribution is 2.12. The number of nitrogens with zero attached hydrogens (tertiary/aromatic N) is 1. The first-order valence-electron chi connectivity index (χ1n) is 8.29. The lowest BCUT2D eigenvalue weighted by atomic mass is 10.1. The van der Waals surface area contributed by atoms with Crippen molar-refractivity contribution in [1.82, 2.24) is 10.2 Å². The number of hydrogen-bond acceptors (Lipinski definition) is 2. The molecule has 1 unspecified atom stereocenters. The van der Waals surface area contributed by atoms with Gasteiger partial charge in [-0.3, -0.25) is 4.79 Å². The van der Waals surface area contributed by atoms with Gasteiger partial charge in [0.1, 0.15) is 0 Å². The van der Waals surface area contributed by atoms with Crippen LogP contribution in [0.2, 0.25) is 0 Å². The molecule has 0 aliphatic carbocycles. The maximum atomic E-state index is 12.4. The van der Waals surface area contributed by atoms with Crippen LogP contribution >= 0.6 is 0 Å². The van der Waals surface area contributed by atoms with Gasteiger partial charge in [-0.2, -0.15) is 0 Å². The van der Waals surface area contributed by atoms with Crippen LogP contribution in [-0.4, -0.2) is 36.5 Å². The van der Waals surface area contributed by atoms with E-state index >= 15 is 0 Å². The van der Waals surface area contributed by atoms with Crippen molar-refractivity contribution in [2.45, 2.75) is 77.7 Å². The van der Waals surface area contributed by atoms with Crippen molar-refractivity contribution >= 4 is 5.91 Å². The van der Waals surface area contributed by atoms with Crippen molar-refractivity contribution in [2.75, 3.05) is 19.6 Å². The monoisotopic (exact) mass is 268 g/mol. The average Bonchev–Trinajstić information content (AvgIpc) is 2.90. The van der Waals surface area contributed by atoms with Crippen molar-refractivity contribution in [3.8, 4) is 0 Å². The van der Waals surface area contributed by atoms with Gasteiger partial charge in [0.25, 0.3) is 0 Å². The highest BCUT2D eigenvalue weighted by atomic mass is 16.2. The lowest BCUT2D eigenvalue weighted by molar-refractivity contribution is -0.131. The fourth-order valence-electron chi connectivity index (χ4n) is 2.74. The third kappa shape index (κ3) is 6.95. The molecular formula is C16H32N2O. The normalized spacial score (nSPS) is 18.7. The summed E-state index contributed by atoms with van der Waals surface area (Å²) in [5, 5.41) is 3.43. The number of unbranched alkanes of at least 4 members (excludes halogenated alkanes) is 4. The van der Waals surface area contributed by atoms with Gasteiger partial charge in [-0.15, -0.1) is 0 Å². The van der Waals surface area contributed by atoms with E-state index in [1.54, 1.807) is 0 Å². The van der Waals surface area contributed by atoms with Gasteiger partial charge in [0.15, 0.2) is 0 Å². The zero-order chi connectivity index (χ0) is 13.9. The number of nitrogens with one attached hydrogen (secondary N) is 1. The lowest BCUT2D eigenvalue weighted by Crippen LogP contribution is -2.37. The van der Waals surface area contributed by atoms with Gasteiger partial charge < -0.3 is 10.2 Å². The van der Waals surface area contributed by atoms with Crippen LogP contribution in [-0.2, 0) is 4.79 Å². The Kier molecular flexibility index (Phi) is 8.89. The van der Waals surface area contributed by atoms with Gasteiger partial charge in [-0.05, 0) is 32.2 Å². The summed E-state index contributed by atoms with van der Waals surface area (Å²) in [5.74, 6) is 0.367. The Hall–Kier alpha value is -0.570. The summed E-state index contributed by atoms with van der Waals surface area (Å²) in [6, 6.07) is 0.437. The summed E-state index contributed by atoms with van der Waals surface area (Å²) in [6.45, 7) is 7.44. The Morgan fingerprint density at radius 1 is 1.11 bits per heavy atom. The standard InChI is InChI=1S/C16H32N2O/c1-3-5-7-12-18(13-8-6-4-2)16(19)14-15-10-9-11-17-15/h15,17H,3-14H2,1-2H3. The highest BCUT2D eigenvalue weighted by Gasteiger charge is 2.21. The third-order valence-electron chi connectivity index (χ3n) is 4.00. The second-order valence-corrected chi connectivity index (χ2v) is 5.79. The molecule has 112 valence electrons. The Morgan fingerprint density at radius 2 is 1.74 bits per heavy atom. The molecule has 1 fully saturated rings. The van der Waals surface area contributed by atoms with Gasteiger partial charge in [0, 0.05) is 25.6 Å². The summed E-state index contributed by atoms with van der Waals surface area (Å²) in [6.07, 6.45) is 10.3. The van der Waals surface area contributed by atoms with Gasteiger partial charge in [0.2, 0.25) is 5.91 Å². The largest absolute Gasteiger partial charge is 0.343 e. The number of hydrogen-bond donors (Lipinski definition) is 1. The second kappa shape index (κ2) is 10.2. The molecule has 1 amide bonds. The molecule has 3 heteroatoms. The van der Waals surface area contributed by atoms with Crippen LogP contribution in [0, 0.1) is 0 Å². The molecule has 19 heavy (non-hydrogen) atoms. The summed E-state index contributed by atoms with van der Waals surface area (Å²) in [4.78, 5) is 14.5. The number of rotatable bonds is 10. The summed E-state index contributed by atoms with van der Waals surface area (Å²) < 4.78 is 0. The number of carbonyl (C=O) groups is 1. The molecule has 1 aliphatic rings. The highest BCUT2D eigenvalue weighted by molar-refractivity contribution is 5.76. The van der Waals surface area contributed by atoms with E-state index in [2.05, 4.69) is 24.1 Å². The predicted octanol–water partition coefficient (Wildman–Crippen LogP) is 3.34. The zero-order valence-electron chi connectivity index (χ0n) is 12.9. The van der Waals surface area contributed by atoms with Crippen molar-refractivity contribution in [2.24, 2.45) is 0 Å². The molecule has 0 bridgehead atoms. The summed E-state index contributed by atoms with van der Waals surface area (Å²) in [5.41, 5.74) is 0. The molecule has 1 saturated heterocycles. The minimum atomic E-state index is 0.367. The Bertz CT molecular complexity index is 227. The first kappa shape index (κ1) is 16.5. The van der Waals surface area contributed by atoms with Crippen molar-refractivity contribution in [3.63, 3.8) is 0 Å². The minimum Gasteiger partial charge on any atom is -0.343 e. The quantitative estimate of drug-likeness (QED) is 0.616. The van der Waals surface area contributed by atoms with E-state index in [4.69, 9.17) is 0 Å². The van der Waals surface area contributed by atoms with Crippen LogP contribution in [0.4, 0.5) is 0 Å². The van der Waals surface area contributed by atoms with E-state index in [0.29, 0.717) is 18.4 Å². The molecule has 1 aliphatic heterocycles. The molecule has 0 aromatic carbocycles. The summed E-state index contributed by atoms with van der Waals surface area (Å²) in [7, 11) is 0. The van der Waals surface area contributed by atoms with Crippen LogP contribution in [0.1, 0.15) is 71.6 Å². The predicted molar refractivity (Wildman–Crippen MR) is 81.3 cm³/mol. The molecule has 1 N–H and O–H groups in total. The fourth-order valence-corrected chi connectivity index (χ4v) is 2.74. The minimum absolute atomic E-state index is 0.367. The number of amides is 1. The van der Waals surface area contributed by atoms with E-state index in [-0.39, 0.29) is 0 Å². The van der Waals surface area contributed by atoms with Crippen LogP contribution in [0.3, 0.4) is 0 Å². The van der Waals surface area contributed by atoms with E-state index in [0.717, 1.165) is 32.5 Å². The molecule has 1 rings (SSSR count). The smallest absolute Gasteiger partial charge is 0.224 e. The van der Waals surface area contributed by atoms with E-state index in [1.807, 2.05) is 0 Å². The molecule has 0 saturated carbocycles. The molecule has 1 heterocycles. The molecule has 0 aromatic heterocycles. The molecule has 0 radical (unpaired) electrons. The molecule has 0 spiro atoms. The molecule has 0 aromatic rings. The first-order chi connectivity index (χ1) is 9.27. The van der Waals surface area contributed by atoms with Gasteiger partial charge >= 0.3 is 0 Å². The third-order valence-corrected chi connectivity index (χ3v) is 4.00. The van der Waals surface area contributed by atoms with Crippen molar-refractivity contribution < 1.29 is 4.79 Å². The Balaban J connectivity index is 2.33. The van der Waals surface area contributed by atoms with E-state index in [9.17, 15) is 4.79 Å². The Morgan fingerprint density at radius 3 is 2.21 bits per heavy atom. The maximum absolute atomic E-state index is 12.4. The maximum Gasteiger partial charge on any atom is 0.224 e. The van der Waals surface area contributed by atoms with Crippen molar-refractivity contribution in [3.05, 3.63) is 0 Å². The van der Waals surface area contributed by atoms with Crippen LogP contribution in [0.5, 0.6) is 0 Å². The SMILES string of the molecule is CCCCCN(CCCCC)C(=O)CC1CCCN1. The van der Waals surface area contributed by atoms with Gasteiger partial charge in [0.05, 0.1) is 0 Å². The van der Waals surface area contributed by atoms with Crippen LogP contribution < -0.4 is 5.32 Å². The molecule has 3 nitrogen and oxygen atoms in total. The average molecular weight is 268 g/mol. The van der Waals surface area contributed by atoms with E-state index in [1.165, 1.54) is 38.5 Å². The van der Waals surface area contributed by atoms with Crippen LogP contribution in [0.25, 0.3) is 0 Å². The van der Waals surface area contributed by atoms with E-state index < -0.39 is 0 Å². The first-order valence-corrected chi connectivity index (χ1v) is 8.29. The Labute approximate surface area is 119 Å². The summed E-state index contributed by atoms with van der Waals surface area (Å²) >= 11 is 0. The van der Waals surface area contributed by atoms with Crippen LogP contribution in [0.15, 0.2) is 0 Å². The fraction of sp³-hybridized carbons (Fsp3) is 0.938. The van der Waals surface area contributed by atoms with Gasteiger partial charge in [-0.1, -0.05) is 39.5 Å². The van der Waals surface area contributed by atoms with Gasteiger partial charge in [-0.25, -0.2) is 0 Å². The zero-order valence-corrected chi connectivity index (χ0v) is 12.9. The second-order valence-electron chi connectivity index (χ2n) is 5.79. The molecule has 1 atom stereocenters. The molecular weight excluding hydrogens is 236 g/mol. The topological polar surface area (TPSA) is 32.3 Å².